The zero-order valence-corrected chi connectivity index (χ0v) is 12.7. The molecule has 0 aliphatic heterocycles. The van der Waals surface area contributed by atoms with Crippen LogP contribution in [0.1, 0.15) is 63.1 Å². The molecule has 6 nitrogen and oxygen atoms in total. The number of aryl methyl sites for hydroxylation is 2. The van der Waals surface area contributed by atoms with Crippen LogP contribution in [0.2, 0.25) is 0 Å². The minimum Gasteiger partial charge on any atom is -0.388 e. The van der Waals surface area contributed by atoms with E-state index < -0.39 is 5.60 Å². The van der Waals surface area contributed by atoms with Crippen LogP contribution < -0.4 is 5.32 Å². The molecular weight excluding hydrogens is 270 g/mol. The molecule has 6 heteroatoms. The van der Waals surface area contributed by atoms with Crippen LogP contribution in [0.3, 0.4) is 0 Å². The van der Waals surface area contributed by atoms with Crippen molar-refractivity contribution in [1.29, 1.82) is 0 Å². The van der Waals surface area contributed by atoms with Gasteiger partial charge >= 0.3 is 0 Å². The lowest BCUT2D eigenvalue weighted by Gasteiger charge is -2.26. The molecule has 0 radical (unpaired) electrons. The van der Waals surface area contributed by atoms with Crippen LogP contribution in [0.5, 0.6) is 0 Å². The number of aliphatic hydroxyl groups is 1. The Morgan fingerprint density at radius 2 is 2.05 bits per heavy atom. The van der Waals surface area contributed by atoms with Gasteiger partial charge in [0.15, 0.2) is 5.82 Å². The molecule has 2 rings (SSSR count). The first kappa shape index (κ1) is 15.9. The Kier molecular flexibility index (Phi) is 5.73. The molecule has 1 aliphatic carbocycles. The maximum Gasteiger partial charge on any atom is 0.226 e. The van der Waals surface area contributed by atoms with Crippen molar-refractivity contribution in [3.63, 3.8) is 0 Å². The minimum atomic E-state index is -0.713. The highest BCUT2D eigenvalue weighted by Crippen LogP contribution is 2.26. The first-order chi connectivity index (χ1) is 10.1. The van der Waals surface area contributed by atoms with Crippen LogP contribution in [-0.2, 0) is 11.2 Å². The van der Waals surface area contributed by atoms with Crippen molar-refractivity contribution in [3.8, 4) is 0 Å². The van der Waals surface area contributed by atoms with Crippen molar-refractivity contribution in [2.75, 3.05) is 6.54 Å². The summed E-state index contributed by atoms with van der Waals surface area (Å²) in [7, 11) is 0. The van der Waals surface area contributed by atoms with Crippen molar-refractivity contribution in [2.24, 2.45) is 0 Å². The Labute approximate surface area is 125 Å². The van der Waals surface area contributed by atoms with E-state index in [-0.39, 0.29) is 5.91 Å². The smallest absolute Gasteiger partial charge is 0.226 e. The zero-order valence-electron chi connectivity index (χ0n) is 12.7. The highest BCUT2D eigenvalue weighted by Gasteiger charge is 2.28. The van der Waals surface area contributed by atoms with E-state index in [0.717, 1.165) is 25.7 Å². The predicted molar refractivity (Wildman–Crippen MR) is 77.6 cm³/mol. The first-order valence-corrected chi connectivity index (χ1v) is 7.86. The monoisotopic (exact) mass is 295 g/mol. The van der Waals surface area contributed by atoms with E-state index in [1.165, 1.54) is 12.8 Å². The standard InChI is InChI=1S/C15H25N3O3/c1-12-17-14(21-18-12)8-6-7-13(19)16-11-15(20)9-4-2-3-5-10-15/h20H,2-11H2,1H3,(H,16,19). The summed E-state index contributed by atoms with van der Waals surface area (Å²) in [4.78, 5) is 15.9. The largest absolute Gasteiger partial charge is 0.388 e. The summed E-state index contributed by atoms with van der Waals surface area (Å²) in [6.45, 7) is 2.14. The van der Waals surface area contributed by atoms with Crippen LogP contribution in [0.4, 0.5) is 0 Å². The summed E-state index contributed by atoms with van der Waals surface area (Å²) in [5.41, 5.74) is -0.713. The lowest BCUT2D eigenvalue weighted by atomic mass is 9.94. The quantitative estimate of drug-likeness (QED) is 0.783. The summed E-state index contributed by atoms with van der Waals surface area (Å²) in [5, 5.41) is 17.0. The van der Waals surface area contributed by atoms with Gasteiger partial charge in [-0.05, 0) is 26.2 Å². The molecule has 1 fully saturated rings. The Balaban J connectivity index is 1.64. The summed E-state index contributed by atoms with van der Waals surface area (Å²) in [6.07, 6.45) is 7.72. The lowest BCUT2D eigenvalue weighted by molar-refractivity contribution is -0.122. The fourth-order valence-corrected chi connectivity index (χ4v) is 2.76. The summed E-state index contributed by atoms with van der Waals surface area (Å²) < 4.78 is 5.00. The number of nitrogens with zero attached hydrogens (tertiary/aromatic N) is 2. The van der Waals surface area contributed by atoms with E-state index >= 15 is 0 Å². The summed E-state index contributed by atoms with van der Waals surface area (Å²) >= 11 is 0. The third kappa shape index (κ3) is 5.46. The molecule has 0 bridgehead atoms. The molecule has 1 amide bonds. The first-order valence-electron chi connectivity index (χ1n) is 7.86. The normalized spacial score (nSPS) is 18.2. The number of rotatable bonds is 6. The van der Waals surface area contributed by atoms with E-state index in [9.17, 15) is 9.90 Å². The predicted octanol–water partition coefficient (Wildman–Crippen LogP) is 1.90. The second kappa shape index (κ2) is 7.54. The Morgan fingerprint density at radius 1 is 1.33 bits per heavy atom. The average Bonchev–Trinajstić information content (AvgIpc) is 2.74. The number of nitrogens with one attached hydrogen (secondary N) is 1. The highest BCUT2D eigenvalue weighted by molar-refractivity contribution is 5.75. The molecule has 1 aliphatic rings. The molecular formula is C15H25N3O3. The van der Waals surface area contributed by atoms with Crippen LogP contribution in [0.25, 0.3) is 0 Å². The van der Waals surface area contributed by atoms with Gasteiger partial charge in [0.1, 0.15) is 0 Å². The molecule has 0 saturated heterocycles. The van der Waals surface area contributed by atoms with E-state index in [4.69, 9.17) is 4.52 Å². The molecule has 0 unspecified atom stereocenters. The van der Waals surface area contributed by atoms with Crippen molar-refractivity contribution in [2.45, 2.75) is 70.3 Å². The van der Waals surface area contributed by atoms with E-state index in [2.05, 4.69) is 15.5 Å². The van der Waals surface area contributed by atoms with Crippen LogP contribution in [-0.4, -0.2) is 33.3 Å². The van der Waals surface area contributed by atoms with Gasteiger partial charge in [0.25, 0.3) is 0 Å². The Hall–Kier alpha value is -1.43. The van der Waals surface area contributed by atoms with Gasteiger partial charge < -0.3 is 14.9 Å². The summed E-state index contributed by atoms with van der Waals surface area (Å²) in [6, 6.07) is 0. The van der Waals surface area contributed by atoms with Crippen LogP contribution in [0, 0.1) is 6.92 Å². The minimum absolute atomic E-state index is 0.0242. The van der Waals surface area contributed by atoms with Gasteiger partial charge in [0.05, 0.1) is 5.60 Å². The number of amides is 1. The van der Waals surface area contributed by atoms with Gasteiger partial charge in [0.2, 0.25) is 11.8 Å². The maximum atomic E-state index is 11.8. The van der Waals surface area contributed by atoms with Gasteiger partial charge in [0, 0.05) is 19.4 Å². The molecule has 2 N–H and O–H groups in total. The summed E-state index contributed by atoms with van der Waals surface area (Å²) in [5.74, 6) is 1.16. The number of aromatic nitrogens is 2. The van der Waals surface area contributed by atoms with Gasteiger partial charge in [-0.3, -0.25) is 4.79 Å². The fraction of sp³-hybridized carbons (Fsp3) is 0.800. The van der Waals surface area contributed by atoms with Crippen molar-refractivity contribution in [1.82, 2.24) is 15.5 Å². The Morgan fingerprint density at radius 3 is 2.67 bits per heavy atom. The van der Waals surface area contributed by atoms with E-state index in [0.29, 0.717) is 37.5 Å². The van der Waals surface area contributed by atoms with Gasteiger partial charge in [-0.1, -0.05) is 30.8 Å². The SMILES string of the molecule is Cc1noc(CCCC(=O)NCC2(O)CCCCCC2)n1. The number of carbonyl (C=O) groups is 1. The van der Waals surface area contributed by atoms with Crippen molar-refractivity contribution in [3.05, 3.63) is 11.7 Å². The second-order valence-corrected chi connectivity index (χ2v) is 6.00. The van der Waals surface area contributed by atoms with E-state index in [1.807, 2.05) is 0 Å². The molecule has 1 saturated carbocycles. The average molecular weight is 295 g/mol. The molecule has 1 heterocycles. The van der Waals surface area contributed by atoms with Gasteiger partial charge in [-0.2, -0.15) is 4.98 Å². The van der Waals surface area contributed by atoms with E-state index in [1.54, 1.807) is 6.92 Å². The fourth-order valence-electron chi connectivity index (χ4n) is 2.76. The van der Waals surface area contributed by atoms with Crippen LogP contribution in [0.15, 0.2) is 4.52 Å². The van der Waals surface area contributed by atoms with Crippen molar-refractivity contribution < 1.29 is 14.4 Å². The molecule has 21 heavy (non-hydrogen) atoms. The highest BCUT2D eigenvalue weighted by atomic mass is 16.5. The third-order valence-corrected chi connectivity index (χ3v) is 4.01. The molecule has 0 spiro atoms. The van der Waals surface area contributed by atoms with Gasteiger partial charge in [-0.15, -0.1) is 0 Å². The molecule has 1 aromatic rings. The third-order valence-electron chi connectivity index (χ3n) is 4.01. The zero-order chi connectivity index (χ0) is 15.1. The lowest BCUT2D eigenvalue weighted by Crippen LogP contribution is -2.42. The number of carbonyl (C=O) groups excluding carboxylic acids is 1. The maximum absolute atomic E-state index is 11.8. The Bertz CT molecular complexity index is 451. The van der Waals surface area contributed by atoms with Crippen LogP contribution >= 0.6 is 0 Å². The number of hydrogen-bond donors (Lipinski definition) is 2. The molecule has 118 valence electrons. The molecule has 0 aromatic carbocycles. The molecule has 0 atom stereocenters. The topological polar surface area (TPSA) is 88.2 Å². The van der Waals surface area contributed by atoms with Gasteiger partial charge in [-0.25, -0.2) is 0 Å². The van der Waals surface area contributed by atoms with Crippen molar-refractivity contribution >= 4 is 5.91 Å². The molecule has 1 aromatic heterocycles. The second-order valence-electron chi connectivity index (χ2n) is 6.00. The number of hydrogen-bond acceptors (Lipinski definition) is 5.